The molecule has 0 saturated heterocycles. The van der Waals surface area contributed by atoms with E-state index in [1.54, 1.807) is 0 Å². The van der Waals surface area contributed by atoms with Crippen LogP contribution in [0.25, 0.3) is 0 Å². The highest BCUT2D eigenvalue weighted by Gasteiger charge is 2.14. The van der Waals surface area contributed by atoms with Crippen molar-refractivity contribution in [3.63, 3.8) is 0 Å². The highest BCUT2D eigenvalue weighted by atomic mass is 16.5. The second kappa shape index (κ2) is 5.88. The summed E-state index contributed by atoms with van der Waals surface area (Å²) in [5.41, 5.74) is -0.207. The molecule has 0 saturated carbocycles. The summed E-state index contributed by atoms with van der Waals surface area (Å²) in [4.78, 5) is 22.0. The number of Topliss-reactive ketones (excluding diaryl/α,β-unsaturated/α-hetero) is 1. The normalized spacial score (nSPS) is 8.62. The minimum Gasteiger partial charge on any atom is -0.456 e. The average Bonchev–Trinajstić information content (AvgIpc) is 2.13. The van der Waals surface area contributed by atoms with Gasteiger partial charge in [-0.05, 0) is 0 Å². The zero-order valence-electron chi connectivity index (χ0n) is 7.21. The van der Waals surface area contributed by atoms with Crippen molar-refractivity contribution in [2.45, 2.75) is 6.42 Å². The molecule has 4 nitrogen and oxygen atoms in total. The first-order valence-electron chi connectivity index (χ1n) is 3.62. The smallest absolute Gasteiger partial charge is 0.341 e. The van der Waals surface area contributed by atoms with Crippen LogP contribution in [0, 0.1) is 5.41 Å². The van der Waals surface area contributed by atoms with Crippen molar-refractivity contribution in [2.24, 2.45) is 0 Å². The lowest BCUT2D eigenvalue weighted by Gasteiger charge is -2.01. The Hall–Kier alpha value is -1.71. The summed E-state index contributed by atoms with van der Waals surface area (Å²) in [5.74, 6) is -1.19. The lowest BCUT2D eigenvalue weighted by molar-refractivity contribution is -0.138. The number of allylic oxidation sites excluding steroid dienone is 1. The van der Waals surface area contributed by atoms with E-state index in [1.165, 1.54) is 6.08 Å². The topological polar surface area (TPSA) is 67.2 Å². The molecule has 0 aliphatic rings. The fourth-order valence-electron chi connectivity index (χ4n) is 0.573. The quantitative estimate of drug-likeness (QED) is 0.165. The van der Waals surface area contributed by atoms with Crippen LogP contribution in [0.5, 0.6) is 0 Å². The number of carbonyl (C=O) groups excluding carboxylic acids is 2. The molecule has 0 aromatic carbocycles. The fourth-order valence-corrected chi connectivity index (χ4v) is 0.573. The van der Waals surface area contributed by atoms with E-state index in [-0.39, 0.29) is 18.6 Å². The third-order valence-corrected chi connectivity index (χ3v) is 1.21. The van der Waals surface area contributed by atoms with E-state index in [0.29, 0.717) is 0 Å². The van der Waals surface area contributed by atoms with E-state index < -0.39 is 11.8 Å². The fraction of sp³-hybridized carbons (Fsp3) is 0.222. The van der Waals surface area contributed by atoms with Gasteiger partial charge in [-0.3, -0.25) is 4.79 Å². The molecule has 0 rings (SSSR count). The predicted octanol–water partition coefficient (Wildman–Crippen LogP) is 0.881. The molecule has 0 fully saturated rings. The van der Waals surface area contributed by atoms with Gasteiger partial charge < -0.3 is 10.1 Å². The van der Waals surface area contributed by atoms with Gasteiger partial charge in [0.1, 0.15) is 6.61 Å². The Bertz CT molecular complexity index is 256. The maximum Gasteiger partial charge on any atom is 0.341 e. The average molecular weight is 181 g/mol. The molecule has 0 radical (unpaired) electrons. The Morgan fingerprint density at radius 3 is 2.54 bits per heavy atom. The summed E-state index contributed by atoms with van der Waals surface area (Å²) >= 11 is 0. The van der Waals surface area contributed by atoms with Gasteiger partial charge in [-0.25, -0.2) is 4.79 Å². The molecule has 13 heavy (non-hydrogen) atoms. The summed E-state index contributed by atoms with van der Waals surface area (Å²) in [7, 11) is 0. The van der Waals surface area contributed by atoms with E-state index in [0.717, 1.165) is 6.21 Å². The van der Waals surface area contributed by atoms with Crippen molar-refractivity contribution in [1.82, 2.24) is 0 Å². The van der Waals surface area contributed by atoms with Crippen LogP contribution in [0.15, 0.2) is 24.8 Å². The molecule has 0 spiro atoms. The van der Waals surface area contributed by atoms with E-state index in [9.17, 15) is 9.59 Å². The molecule has 0 atom stereocenters. The van der Waals surface area contributed by atoms with Gasteiger partial charge in [0.25, 0.3) is 0 Å². The van der Waals surface area contributed by atoms with Gasteiger partial charge in [-0.2, -0.15) is 0 Å². The number of carbonyl (C=O) groups is 2. The van der Waals surface area contributed by atoms with Crippen LogP contribution < -0.4 is 0 Å². The van der Waals surface area contributed by atoms with Gasteiger partial charge in [0.15, 0.2) is 5.78 Å². The molecule has 0 aromatic heterocycles. The van der Waals surface area contributed by atoms with Crippen LogP contribution in [0.2, 0.25) is 0 Å². The number of ketones is 1. The Morgan fingerprint density at radius 1 is 1.46 bits per heavy atom. The molecule has 1 N–H and O–H groups in total. The number of hydrogen-bond acceptors (Lipinski definition) is 4. The maximum atomic E-state index is 11.0. The first kappa shape index (κ1) is 11.3. The zero-order valence-corrected chi connectivity index (χ0v) is 7.21. The van der Waals surface area contributed by atoms with E-state index in [2.05, 4.69) is 17.9 Å². The lowest BCUT2D eigenvalue weighted by atomic mass is 10.1. The van der Waals surface area contributed by atoms with Crippen LogP contribution in [0.3, 0.4) is 0 Å². The minimum atomic E-state index is -0.782. The summed E-state index contributed by atoms with van der Waals surface area (Å²) in [6.45, 7) is 6.49. The largest absolute Gasteiger partial charge is 0.456 e. The highest BCUT2D eigenvalue weighted by molar-refractivity contribution is 6.17. The van der Waals surface area contributed by atoms with Gasteiger partial charge in [-0.1, -0.05) is 12.7 Å². The molecule has 0 aromatic rings. The molecule has 0 aliphatic carbocycles. The maximum absolute atomic E-state index is 11.0. The molecule has 0 unspecified atom stereocenters. The molecule has 0 aliphatic heterocycles. The van der Waals surface area contributed by atoms with Crippen molar-refractivity contribution >= 4 is 18.0 Å². The van der Waals surface area contributed by atoms with Gasteiger partial charge in [-0.15, -0.1) is 6.58 Å². The third kappa shape index (κ3) is 4.00. The van der Waals surface area contributed by atoms with Crippen LogP contribution in [0.4, 0.5) is 0 Å². The number of esters is 1. The predicted molar refractivity (Wildman–Crippen MR) is 48.7 cm³/mol. The number of ether oxygens (including phenoxy) is 1. The molecular weight excluding hydrogens is 170 g/mol. The van der Waals surface area contributed by atoms with Crippen LogP contribution in [0.1, 0.15) is 6.42 Å². The van der Waals surface area contributed by atoms with E-state index >= 15 is 0 Å². The summed E-state index contributed by atoms with van der Waals surface area (Å²) < 4.78 is 4.48. The Labute approximate surface area is 76.4 Å². The minimum absolute atomic E-state index is 0.0680. The first-order chi connectivity index (χ1) is 6.13. The van der Waals surface area contributed by atoms with E-state index in [4.69, 9.17) is 5.41 Å². The SMILES string of the molecule is C=CCC(=O)C(=C)C(=O)OCC=N. The zero-order chi connectivity index (χ0) is 10.3. The van der Waals surface area contributed by atoms with Crippen molar-refractivity contribution in [2.75, 3.05) is 6.61 Å². The number of hydrogen-bond donors (Lipinski definition) is 1. The Kier molecular flexibility index (Phi) is 5.11. The van der Waals surface area contributed by atoms with Gasteiger partial charge in [0, 0.05) is 12.6 Å². The molecule has 0 bridgehead atoms. The number of nitrogens with one attached hydrogen (secondary N) is 1. The molecule has 70 valence electrons. The van der Waals surface area contributed by atoms with Gasteiger partial charge in [0.05, 0.1) is 5.57 Å². The Morgan fingerprint density at radius 2 is 2.08 bits per heavy atom. The molecule has 4 heteroatoms. The second-order valence-corrected chi connectivity index (χ2v) is 2.20. The number of rotatable bonds is 6. The summed E-state index contributed by atoms with van der Waals surface area (Å²) in [6, 6.07) is 0. The standard InChI is InChI=1S/C9H11NO3/c1-3-4-8(11)7(2)9(12)13-6-5-10/h3,5,10H,1-2,4,6H2. The van der Waals surface area contributed by atoms with Crippen LogP contribution >= 0.6 is 0 Å². The second-order valence-electron chi connectivity index (χ2n) is 2.20. The highest BCUT2D eigenvalue weighted by Crippen LogP contribution is 2.00. The Balaban J connectivity index is 4.09. The van der Waals surface area contributed by atoms with E-state index in [1.807, 2.05) is 0 Å². The van der Waals surface area contributed by atoms with Crippen molar-refractivity contribution in [3.05, 3.63) is 24.8 Å². The lowest BCUT2D eigenvalue weighted by Crippen LogP contribution is -2.15. The van der Waals surface area contributed by atoms with Crippen LogP contribution in [-0.2, 0) is 14.3 Å². The van der Waals surface area contributed by atoms with Crippen molar-refractivity contribution in [1.29, 1.82) is 5.41 Å². The third-order valence-electron chi connectivity index (χ3n) is 1.21. The molecular formula is C9H11NO3. The van der Waals surface area contributed by atoms with Crippen molar-refractivity contribution < 1.29 is 14.3 Å². The van der Waals surface area contributed by atoms with Gasteiger partial charge in [0.2, 0.25) is 0 Å². The molecule has 0 heterocycles. The van der Waals surface area contributed by atoms with Gasteiger partial charge >= 0.3 is 5.97 Å². The van der Waals surface area contributed by atoms with Crippen LogP contribution in [-0.4, -0.2) is 24.6 Å². The monoisotopic (exact) mass is 181 g/mol. The summed E-state index contributed by atoms with van der Waals surface area (Å²) in [5, 5.41) is 6.59. The summed E-state index contributed by atoms with van der Waals surface area (Å²) in [6.07, 6.45) is 2.37. The molecule has 0 amide bonds. The first-order valence-corrected chi connectivity index (χ1v) is 3.62. The van der Waals surface area contributed by atoms with Crippen molar-refractivity contribution in [3.8, 4) is 0 Å².